The van der Waals surface area contributed by atoms with E-state index in [9.17, 15) is 14.4 Å². The summed E-state index contributed by atoms with van der Waals surface area (Å²) in [6, 6.07) is 8.05. The van der Waals surface area contributed by atoms with Gasteiger partial charge in [0.15, 0.2) is 0 Å². The number of carbonyl (C=O) groups is 3. The van der Waals surface area contributed by atoms with Gasteiger partial charge in [-0.1, -0.05) is 0 Å². The monoisotopic (exact) mass is 345 g/mol. The molecule has 0 radical (unpaired) electrons. The fourth-order valence-corrected chi connectivity index (χ4v) is 2.24. The fraction of sp³-hybridized carbons (Fsp3) is 0.412. The minimum atomic E-state index is -0.948. The summed E-state index contributed by atoms with van der Waals surface area (Å²) in [5.41, 5.74) is -0.418. The first kappa shape index (κ1) is 18.3. The average Bonchev–Trinajstić information content (AvgIpc) is 2.78. The summed E-state index contributed by atoms with van der Waals surface area (Å²) in [6.07, 6.45) is -0.0773. The molecule has 0 aliphatic carbocycles. The molecule has 0 spiro atoms. The molecular formula is C17H19N3O5. The van der Waals surface area contributed by atoms with Crippen LogP contribution < -0.4 is 10.1 Å². The van der Waals surface area contributed by atoms with Crippen LogP contribution in [0.25, 0.3) is 0 Å². The number of nitrogens with one attached hydrogen (secondary N) is 1. The van der Waals surface area contributed by atoms with Crippen LogP contribution in [-0.2, 0) is 14.3 Å². The van der Waals surface area contributed by atoms with E-state index in [-0.39, 0.29) is 32.1 Å². The third-order valence-electron chi connectivity index (χ3n) is 3.58. The van der Waals surface area contributed by atoms with Gasteiger partial charge in [0.05, 0.1) is 18.1 Å². The molecule has 1 aliphatic heterocycles. The van der Waals surface area contributed by atoms with Crippen LogP contribution >= 0.6 is 0 Å². The Kier molecular flexibility index (Phi) is 5.60. The molecule has 0 bridgehead atoms. The van der Waals surface area contributed by atoms with E-state index < -0.39 is 17.5 Å². The quantitative estimate of drug-likeness (QED) is 0.452. The predicted molar refractivity (Wildman–Crippen MR) is 86.6 cm³/mol. The zero-order valence-electron chi connectivity index (χ0n) is 14.1. The van der Waals surface area contributed by atoms with Crippen molar-refractivity contribution >= 4 is 17.9 Å². The second-order valence-electron chi connectivity index (χ2n) is 5.97. The number of nitrogens with zero attached hydrogens (tertiary/aromatic N) is 2. The maximum Gasteiger partial charge on any atom is 0.325 e. The highest BCUT2D eigenvalue weighted by molar-refractivity contribution is 6.06. The number of imide groups is 1. The molecule has 132 valence electrons. The maximum atomic E-state index is 12.0. The van der Waals surface area contributed by atoms with Crippen LogP contribution in [0.1, 0.15) is 25.8 Å². The summed E-state index contributed by atoms with van der Waals surface area (Å²) >= 11 is 0. The lowest BCUT2D eigenvalue weighted by atomic mass is 10.1. The Morgan fingerprint density at radius 3 is 2.48 bits per heavy atom. The Balaban J connectivity index is 1.66. The number of nitriles is 1. The van der Waals surface area contributed by atoms with E-state index >= 15 is 0 Å². The van der Waals surface area contributed by atoms with Crippen LogP contribution in [0, 0.1) is 11.3 Å². The highest BCUT2D eigenvalue weighted by atomic mass is 16.6. The van der Waals surface area contributed by atoms with Gasteiger partial charge in [-0.05, 0) is 38.1 Å². The summed E-state index contributed by atoms with van der Waals surface area (Å²) in [7, 11) is 0. The molecule has 1 aliphatic rings. The normalized spacial score (nSPS) is 15.5. The summed E-state index contributed by atoms with van der Waals surface area (Å²) in [4.78, 5) is 36.3. The summed E-state index contributed by atoms with van der Waals surface area (Å²) in [5, 5.41) is 11.2. The number of hydrogen-bond donors (Lipinski definition) is 1. The Bertz CT molecular complexity index is 706. The van der Waals surface area contributed by atoms with E-state index in [1.54, 1.807) is 38.1 Å². The molecule has 0 atom stereocenters. The van der Waals surface area contributed by atoms with Gasteiger partial charge in [0.25, 0.3) is 5.91 Å². The van der Waals surface area contributed by atoms with Crippen molar-refractivity contribution < 1.29 is 23.9 Å². The smallest absolute Gasteiger partial charge is 0.325 e. The molecule has 1 N–H and O–H groups in total. The number of benzene rings is 1. The Labute approximate surface area is 145 Å². The Hall–Kier alpha value is -3.08. The highest BCUT2D eigenvalue weighted by Gasteiger charge is 2.44. The van der Waals surface area contributed by atoms with Crippen molar-refractivity contribution in [2.45, 2.75) is 25.8 Å². The largest absolute Gasteiger partial charge is 0.490 e. The third kappa shape index (κ3) is 4.70. The predicted octanol–water partition coefficient (Wildman–Crippen LogP) is 1.20. The van der Waals surface area contributed by atoms with Gasteiger partial charge in [-0.2, -0.15) is 5.26 Å². The van der Waals surface area contributed by atoms with E-state index in [1.807, 2.05) is 6.07 Å². The molecule has 8 heteroatoms. The van der Waals surface area contributed by atoms with Gasteiger partial charge in [-0.3, -0.25) is 14.5 Å². The Morgan fingerprint density at radius 2 is 1.92 bits per heavy atom. The van der Waals surface area contributed by atoms with Gasteiger partial charge in [-0.15, -0.1) is 0 Å². The molecule has 0 aromatic heterocycles. The molecule has 1 fully saturated rings. The average molecular weight is 345 g/mol. The van der Waals surface area contributed by atoms with E-state index in [4.69, 9.17) is 14.7 Å². The van der Waals surface area contributed by atoms with Crippen molar-refractivity contribution in [3.63, 3.8) is 0 Å². The van der Waals surface area contributed by atoms with Gasteiger partial charge in [0.2, 0.25) is 0 Å². The van der Waals surface area contributed by atoms with E-state index in [0.717, 1.165) is 4.90 Å². The van der Waals surface area contributed by atoms with Crippen molar-refractivity contribution in [1.82, 2.24) is 10.2 Å². The number of carbonyl (C=O) groups excluding carboxylic acids is 3. The zero-order valence-corrected chi connectivity index (χ0v) is 14.1. The topological polar surface area (TPSA) is 109 Å². The first-order valence-corrected chi connectivity index (χ1v) is 7.76. The molecule has 1 aromatic rings. The minimum absolute atomic E-state index is 0.0244. The molecule has 0 saturated carbocycles. The fourth-order valence-electron chi connectivity index (χ4n) is 2.24. The number of rotatable bonds is 7. The number of ether oxygens (including phenoxy) is 2. The van der Waals surface area contributed by atoms with Crippen molar-refractivity contribution in [1.29, 1.82) is 5.26 Å². The van der Waals surface area contributed by atoms with Gasteiger partial charge in [0, 0.05) is 6.54 Å². The lowest BCUT2D eigenvalue weighted by molar-refractivity contribution is -0.144. The summed E-state index contributed by atoms with van der Waals surface area (Å²) in [6.45, 7) is 3.39. The molecular weight excluding hydrogens is 326 g/mol. The van der Waals surface area contributed by atoms with E-state index in [2.05, 4.69) is 5.32 Å². The lowest BCUT2D eigenvalue weighted by Gasteiger charge is -2.15. The maximum absolute atomic E-state index is 12.0. The molecule has 1 heterocycles. The van der Waals surface area contributed by atoms with Crippen LogP contribution in [0.5, 0.6) is 5.75 Å². The molecule has 1 saturated heterocycles. The molecule has 1 aromatic carbocycles. The van der Waals surface area contributed by atoms with E-state index in [0.29, 0.717) is 11.3 Å². The second kappa shape index (κ2) is 7.66. The number of esters is 1. The van der Waals surface area contributed by atoms with Gasteiger partial charge in [0.1, 0.15) is 24.5 Å². The molecule has 0 unspecified atom stereocenters. The number of hydrogen-bond acceptors (Lipinski definition) is 6. The zero-order chi connectivity index (χ0) is 18.4. The van der Waals surface area contributed by atoms with Crippen LogP contribution in [0.15, 0.2) is 24.3 Å². The van der Waals surface area contributed by atoms with Crippen molar-refractivity contribution in [3.8, 4) is 11.8 Å². The van der Waals surface area contributed by atoms with Crippen LogP contribution in [0.4, 0.5) is 4.79 Å². The van der Waals surface area contributed by atoms with Crippen LogP contribution in [0.3, 0.4) is 0 Å². The minimum Gasteiger partial charge on any atom is -0.490 e. The lowest BCUT2D eigenvalue weighted by Crippen LogP contribution is -2.40. The summed E-state index contributed by atoms with van der Waals surface area (Å²) < 4.78 is 10.4. The summed E-state index contributed by atoms with van der Waals surface area (Å²) in [5.74, 6) is -0.320. The van der Waals surface area contributed by atoms with Crippen LogP contribution in [0.2, 0.25) is 0 Å². The first-order chi connectivity index (χ1) is 11.8. The van der Waals surface area contributed by atoms with Crippen molar-refractivity contribution in [2.75, 3.05) is 19.8 Å². The van der Waals surface area contributed by atoms with E-state index in [1.165, 1.54) is 0 Å². The highest BCUT2D eigenvalue weighted by Crippen LogP contribution is 2.16. The standard InChI is InChI=1S/C17H19N3O5/c1-17(2)15(22)20(16(23)19-17)8-7-14(21)25-10-9-24-13-5-3-12(11-18)4-6-13/h3-6H,7-10H2,1-2H3,(H,19,23). The van der Waals surface area contributed by atoms with Gasteiger partial charge < -0.3 is 14.8 Å². The molecule has 3 amide bonds. The van der Waals surface area contributed by atoms with Crippen molar-refractivity contribution in [2.24, 2.45) is 0 Å². The molecule has 8 nitrogen and oxygen atoms in total. The van der Waals surface area contributed by atoms with Gasteiger partial charge in [-0.25, -0.2) is 4.79 Å². The first-order valence-electron chi connectivity index (χ1n) is 7.76. The number of amides is 3. The Morgan fingerprint density at radius 1 is 1.24 bits per heavy atom. The SMILES string of the molecule is CC1(C)NC(=O)N(CCC(=O)OCCOc2ccc(C#N)cc2)C1=O. The third-order valence-corrected chi connectivity index (χ3v) is 3.58. The van der Waals surface area contributed by atoms with Gasteiger partial charge >= 0.3 is 12.0 Å². The molecule has 25 heavy (non-hydrogen) atoms. The molecule has 2 rings (SSSR count). The second-order valence-corrected chi connectivity index (χ2v) is 5.97. The van der Waals surface area contributed by atoms with Crippen molar-refractivity contribution in [3.05, 3.63) is 29.8 Å². The number of urea groups is 1. The van der Waals surface area contributed by atoms with Crippen LogP contribution in [-0.4, -0.2) is 48.1 Å².